The predicted molar refractivity (Wildman–Crippen MR) is 158 cm³/mol. The average Bonchev–Trinajstić information content (AvgIpc) is 3.45. The monoisotopic (exact) mass is 559 g/mol. The number of benzene rings is 3. The van der Waals surface area contributed by atoms with Crippen LogP contribution in [0.5, 0.6) is 0 Å². The van der Waals surface area contributed by atoms with Gasteiger partial charge in [0.25, 0.3) is 0 Å². The van der Waals surface area contributed by atoms with Crippen LogP contribution in [-0.4, -0.2) is 31.4 Å². The summed E-state index contributed by atoms with van der Waals surface area (Å²) < 4.78 is 8.89. The summed E-state index contributed by atoms with van der Waals surface area (Å²) in [6.45, 7) is 9.55. The number of aryl methyl sites for hydroxylation is 2. The Kier molecular flexibility index (Phi) is 7.10. The molecule has 5 rings (SSSR count). The number of nitrogens with zero attached hydrogens (tertiary/aromatic N) is 3. The van der Waals surface area contributed by atoms with Gasteiger partial charge in [-0.3, -0.25) is 4.68 Å². The van der Waals surface area contributed by atoms with Crippen molar-refractivity contribution in [2.75, 3.05) is 0 Å². The van der Waals surface area contributed by atoms with E-state index in [0.717, 1.165) is 54.3 Å². The van der Waals surface area contributed by atoms with Crippen molar-refractivity contribution in [2.24, 2.45) is 7.05 Å². The van der Waals surface area contributed by atoms with E-state index >= 15 is 0 Å². The Morgan fingerprint density at radius 3 is 2.36 bits per heavy atom. The number of hydrogen-bond donors (Lipinski definition) is 1. The average molecular weight is 560 g/mol. The number of carboxylic acid groups (broad SMARTS) is 1. The second kappa shape index (κ2) is 10.2. The third-order valence-electron chi connectivity index (χ3n) is 6.67. The molecule has 0 saturated heterocycles. The highest BCUT2D eigenvalue weighted by Gasteiger charge is 2.32. The molecule has 0 radical (unpaired) electrons. The highest BCUT2D eigenvalue weighted by Crippen LogP contribution is 2.44. The molecule has 0 amide bonds. The molecule has 8 heteroatoms. The molecule has 0 aliphatic rings. The van der Waals surface area contributed by atoms with E-state index < -0.39 is 17.7 Å². The normalized spacial score (nSPS) is 12.7. The first-order valence-electron chi connectivity index (χ1n) is 12.6. The largest absolute Gasteiger partial charge is 0.479 e. The van der Waals surface area contributed by atoms with E-state index in [2.05, 4.69) is 17.2 Å². The van der Waals surface area contributed by atoms with Crippen LogP contribution in [0, 0.1) is 13.8 Å². The summed E-state index contributed by atoms with van der Waals surface area (Å²) in [7, 11) is 1.93. The summed E-state index contributed by atoms with van der Waals surface area (Å²) in [6.07, 6.45) is 0.727. The molecule has 0 fully saturated rings. The molecule has 39 heavy (non-hydrogen) atoms. The number of fused-ring (bicyclic) bond motifs is 1. The van der Waals surface area contributed by atoms with Crippen LogP contribution < -0.4 is 0 Å². The second-order valence-corrected chi connectivity index (χ2v) is 12.1. The van der Waals surface area contributed by atoms with Crippen LogP contribution in [0.3, 0.4) is 0 Å². The van der Waals surface area contributed by atoms with Gasteiger partial charge in [-0.2, -0.15) is 5.10 Å². The van der Waals surface area contributed by atoms with E-state index in [1.165, 1.54) is 0 Å². The lowest BCUT2D eigenvalue weighted by Gasteiger charge is -2.28. The highest BCUT2D eigenvalue weighted by atomic mass is 35.5. The number of halogens is 1. The third-order valence-corrected chi connectivity index (χ3v) is 8.06. The molecule has 1 N–H and O–H groups in total. The minimum atomic E-state index is -1.15. The van der Waals surface area contributed by atoms with Crippen LogP contribution in [0.4, 0.5) is 0 Å². The molecule has 0 saturated carbocycles. The first kappa shape index (κ1) is 27.1. The number of thiazole rings is 1. The number of carbonyl (C=O) groups is 1. The number of rotatable bonds is 6. The van der Waals surface area contributed by atoms with Crippen LogP contribution in [-0.2, 0) is 16.6 Å². The fourth-order valence-corrected chi connectivity index (χ4v) is 6.01. The molecule has 200 valence electrons. The van der Waals surface area contributed by atoms with E-state index in [4.69, 9.17) is 21.3 Å². The first-order chi connectivity index (χ1) is 18.4. The third kappa shape index (κ3) is 5.35. The van der Waals surface area contributed by atoms with E-state index in [-0.39, 0.29) is 0 Å². The van der Waals surface area contributed by atoms with Gasteiger partial charge >= 0.3 is 5.97 Å². The van der Waals surface area contributed by atoms with Crippen LogP contribution in [0.25, 0.3) is 43.0 Å². The van der Waals surface area contributed by atoms with Gasteiger partial charge in [0.1, 0.15) is 5.01 Å². The molecular formula is C31H30ClN3O3S. The van der Waals surface area contributed by atoms with Crippen molar-refractivity contribution < 1.29 is 14.6 Å². The van der Waals surface area contributed by atoms with E-state index in [9.17, 15) is 9.90 Å². The number of hydrogen-bond acceptors (Lipinski definition) is 5. The lowest BCUT2D eigenvalue weighted by Crippen LogP contribution is -2.28. The number of carboxylic acids is 1. The zero-order valence-corrected chi connectivity index (χ0v) is 24.3. The highest BCUT2D eigenvalue weighted by molar-refractivity contribution is 7.22. The van der Waals surface area contributed by atoms with E-state index in [0.29, 0.717) is 10.6 Å². The van der Waals surface area contributed by atoms with Crippen molar-refractivity contribution in [2.45, 2.75) is 46.3 Å². The van der Waals surface area contributed by atoms with Crippen molar-refractivity contribution in [3.05, 3.63) is 82.6 Å². The molecular weight excluding hydrogens is 530 g/mol. The van der Waals surface area contributed by atoms with Crippen molar-refractivity contribution in [3.63, 3.8) is 0 Å². The van der Waals surface area contributed by atoms with Crippen LogP contribution in [0.2, 0.25) is 5.02 Å². The van der Waals surface area contributed by atoms with Gasteiger partial charge < -0.3 is 9.84 Å². The smallest absolute Gasteiger partial charge is 0.337 e. The predicted octanol–water partition coefficient (Wildman–Crippen LogP) is 8.24. The molecule has 3 aromatic carbocycles. The van der Waals surface area contributed by atoms with Gasteiger partial charge in [-0.1, -0.05) is 41.9 Å². The Morgan fingerprint density at radius 1 is 1.05 bits per heavy atom. The Morgan fingerprint density at radius 2 is 1.74 bits per heavy atom. The first-order valence-corrected chi connectivity index (χ1v) is 13.8. The molecule has 0 aliphatic heterocycles. The molecule has 1 atom stereocenters. The Bertz CT molecular complexity index is 1700. The van der Waals surface area contributed by atoms with Crippen molar-refractivity contribution in [1.82, 2.24) is 14.8 Å². The minimum Gasteiger partial charge on any atom is -0.479 e. The van der Waals surface area contributed by atoms with Crippen LogP contribution >= 0.6 is 22.9 Å². The van der Waals surface area contributed by atoms with Gasteiger partial charge in [0, 0.05) is 40.0 Å². The fraction of sp³-hybridized carbons (Fsp3) is 0.258. The summed E-state index contributed by atoms with van der Waals surface area (Å²) in [5.74, 6) is -1.04. The topological polar surface area (TPSA) is 77.2 Å². The number of ether oxygens (including phenoxy) is 1. The molecule has 0 bridgehead atoms. The summed E-state index contributed by atoms with van der Waals surface area (Å²) in [4.78, 5) is 17.6. The molecule has 6 nitrogen and oxygen atoms in total. The lowest BCUT2D eigenvalue weighted by molar-refractivity contribution is -0.160. The van der Waals surface area contributed by atoms with Crippen LogP contribution in [0.1, 0.15) is 43.7 Å². The maximum Gasteiger partial charge on any atom is 0.337 e. The van der Waals surface area contributed by atoms with E-state index in [1.54, 1.807) is 11.3 Å². The quantitative estimate of drug-likeness (QED) is 0.227. The lowest BCUT2D eigenvalue weighted by atomic mass is 9.91. The molecule has 2 aromatic heterocycles. The second-order valence-electron chi connectivity index (χ2n) is 10.7. The fourth-order valence-electron chi connectivity index (χ4n) is 4.76. The molecule has 0 unspecified atom stereocenters. The molecule has 0 spiro atoms. The van der Waals surface area contributed by atoms with Gasteiger partial charge in [0.05, 0.1) is 22.0 Å². The minimum absolute atomic E-state index is 0.609. The Balaban J connectivity index is 1.74. The number of aliphatic carboxylic acids is 1. The van der Waals surface area contributed by atoms with Gasteiger partial charge in [0.2, 0.25) is 0 Å². The van der Waals surface area contributed by atoms with Crippen molar-refractivity contribution >= 4 is 39.1 Å². The van der Waals surface area contributed by atoms with Crippen LogP contribution in [0.15, 0.2) is 60.8 Å². The van der Waals surface area contributed by atoms with Crippen molar-refractivity contribution in [1.29, 1.82) is 0 Å². The summed E-state index contributed by atoms with van der Waals surface area (Å²) >= 11 is 7.76. The summed E-state index contributed by atoms with van der Waals surface area (Å²) in [5.41, 5.74) is 7.46. The maximum atomic E-state index is 12.6. The Labute approximate surface area is 236 Å². The molecule has 2 heterocycles. The van der Waals surface area contributed by atoms with Crippen molar-refractivity contribution in [3.8, 4) is 32.8 Å². The van der Waals surface area contributed by atoms with Gasteiger partial charge in [-0.15, -0.1) is 11.3 Å². The Hall–Kier alpha value is -3.52. The van der Waals surface area contributed by atoms with Gasteiger partial charge in [-0.05, 0) is 75.6 Å². The zero-order valence-electron chi connectivity index (χ0n) is 22.7. The van der Waals surface area contributed by atoms with Gasteiger partial charge in [-0.25, -0.2) is 9.78 Å². The van der Waals surface area contributed by atoms with Gasteiger partial charge in [0.15, 0.2) is 6.10 Å². The SMILES string of the molecule is Cc1cc2nc(-c3cccc(-c4cnn(C)c4C)c3)sc2c(-c2ccc(Cl)cc2)c1[C@H](OC(C)(C)C)C(=O)O. The standard InChI is InChI=1S/C31H30ClN3O3S/c1-17-14-24-28(39-29(34-24)21-9-7-8-20(15-21)23-16-33-35(6)18(23)2)26(19-10-12-22(32)13-11-19)25(17)27(30(36)37)38-31(3,4)5/h7-16,27H,1-6H3,(H,36,37)/t27-/m0/s1. The molecule has 0 aliphatic carbocycles. The summed E-state index contributed by atoms with van der Waals surface area (Å²) in [6, 6.07) is 17.7. The van der Waals surface area contributed by atoms with E-state index in [1.807, 2.05) is 95.0 Å². The molecule has 5 aromatic rings. The maximum absolute atomic E-state index is 12.6. The summed E-state index contributed by atoms with van der Waals surface area (Å²) in [5, 5.41) is 16.1. The number of aromatic nitrogens is 3. The zero-order chi connectivity index (χ0) is 28.1.